The van der Waals surface area contributed by atoms with Crippen molar-refractivity contribution in [1.82, 2.24) is 0 Å². The van der Waals surface area contributed by atoms with Crippen molar-refractivity contribution >= 4 is 11.5 Å². The first-order chi connectivity index (χ1) is 7.97. The second-order valence-corrected chi connectivity index (χ2v) is 4.39. The van der Waals surface area contributed by atoms with Crippen LogP contribution in [-0.4, -0.2) is 24.6 Å². The molecule has 17 heavy (non-hydrogen) atoms. The van der Waals surface area contributed by atoms with Crippen LogP contribution in [-0.2, 0) is 0 Å². The van der Waals surface area contributed by atoms with Crippen molar-refractivity contribution in [2.24, 2.45) is 16.8 Å². The molecule has 0 amide bonds. The maximum atomic E-state index is 13.7. The quantitative estimate of drug-likeness (QED) is 0.366. The van der Waals surface area contributed by atoms with Gasteiger partial charge < -0.3 is 15.8 Å². The summed E-state index contributed by atoms with van der Waals surface area (Å²) in [6, 6.07) is 4.65. The molecule has 0 aliphatic rings. The van der Waals surface area contributed by atoms with Crippen LogP contribution in [0.4, 0.5) is 10.1 Å². The number of halogens is 1. The fraction of sp³-hybridized carbons (Fsp3) is 0.417. The van der Waals surface area contributed by atoms with Gasteiger partial charge in [-0.15, -0.1) is 0 Å². The van der Waals surface area contributed by atoms with Gasteiger partial charge in [0.1, 0.15) is 5.82 Å². The van der Waals surface area contributed by atoms with Gasteiger partial charge in [0.2, 0.25) is 0 Å². The Hall–Kier alpha value is -1.78. The van der Waals surface area contributed by atoms with E-state index < -0.39 is 5.82 Å². The van der Waals surface area contributed by atoms with Crippen LogP contribution in [0.2, 0.25) is 0 Å². The summed E-state index contributed by atoms with van der Waals surface area (Å²) in [6.45, 7) is 4.90. The summed E-state index contributed by atoms with van der Waals surface area (Å²) in [5.74, 6) is -0.273. The Morgan fingerprint density at radius 1 is 1.53 bits per heavy atom. The zero-order chi connectivity index (χ0) is 13.0. The summed E-state index contributed by atoms with van der Waals surface area (Å²) >= 11 is 0. The first kappa shape index (κ1) is 13.3. The lowest BCUT2D eigenvalue weighted by atomic mass is 10.1. The number of oxime groups is 1. The maximum Gasteiger partial charge on any atom is 0.175 e. The fourth-order valence-electron chi connectivity index (χ4n) is 1.78. The third kappa shape index (κ3) is 3.09. The van der Waals surface area contributed by atoms with Crippen molar-refractivity contribution in [3.8, 4) is 0 Å². The van der Waals surface area contributed by atoms with Crippen molar-refractivity contribution in [3.05, 3.63) is 29.6 Å². The number of amidine groups is 1. The zero-order valence-corrected chi connectivity index (χ0v) is 10.3. The second kappa shape index (κ2) is 5.52. The maximum absolute atomic E-state index is 13.7. The molecule has 0 atom stereocenters. The minimum Gasteiger partial charge on any atom is -0.409 e. The van der Waals surface area contributed by atoms with Crippen molar-refractivity contribution in [2.45, 2.75) is 13.8 Å². The standard InChI is InChI=1S/C12H18FN3O/c1-8(2)7-16(3)10-6-4-5-9(13)11(10)12(14)15-17/h4-6,8,17H,7H2,1-3H3,(H2,14,15). The Kier molecular flexibility index (Phi) is 4.31. The Morgan fingerprint density at radius 3 is 2.71 bits per heavy atom. The molecular formula is C12H18FN3O. The van der Waals surface area contributed by atoms with Gasteiger partial charge in [-0.05, 0) is 18.1 Å². The predicted molar refractivity (Wildman–Crippen MR) is 67.0 cm³/mol. The molecule has 0 saturated heterocycles. The lowest BCUT2D eigenvalue weighted by Crippen LogP contribution is -2.27. The minimum atomic E-state index is -0.492. The Labute approximate surface area is 101 Å². The van der Waals surface area contributed by atoms with E-state index in [-0.39, 0.29) is 11.4 Å². The molecule has 94 valence electrons. The third-order valence-corrected chi connectivity index (χ3v) is 2.41. The molecular weight excluding hydrogens is 221 g/mol. The molecule has 0 unspecified atom stereocenters. The van der Waals surface area contributed by atoms with Gasteiger partial charge >= 0.3 is 0 Å². The van der Waals surface area contributed by atoms with Gasteiger partial charge in [-0.3, -0.25) is 0 Å². The molecule has 1 aromatic rings. The smallest absolute Gasteiger partial charge is 0.175 e. The molecule has 0 aromatic heterocycles. The predicted octanol–water partition coefficient (Wildman–Crippen LogP) is 2.01. The van der Waals surface area contributed by atoms with E-state index in [9.17, 15) is 4.39 Å². The Morgan fingerprint density at radius 2 is 2.18 bits per heavy atom. The van der Waals surface area contributed by atoms with Crippen LogP contribution in [0.15, 0.2) is 23.4 Å². The second-order valence-electron chi connectivity index (χ2n) is 4.39. The molecule has 0 fully saturated rings. The van der Waals surface area contributed by atoms with Gasteiger partial charge in [0.25, 0.3) is 0 Å². The molecule has 4 nitrogen and oxygen atoms in total. The molecule has 0 radical (unpaired) electrons. The highest BCUT2D eigenvalue weighted by Crippen LogP contribution is 2.22. The van der Waals surface area contributed by atoms with Crippen LogP contribution in [0, 0.1) is 11.7 Å². The molecule has 3 N–H and O–H groups in total. The average molecular weight is 239 g/mol. The van der Waals surface area contributed by atoms with E-state index in [1.54, 1.807) is 12.1 Å². The van der Waals surface area contributed by atoms with Crippen LogP contribution in [0.25, 0.3) is 0 Å². The summed E-state index contributed by atoms with van der Waals surface area (Å²) in [4.78, 5) is 1.89. The summed E-state index contributed by atoms with van der Waals surface area (Å²) in [5.41, 5.74) is 6.25. The number of nitrogens with zero attached hydrogens (tertiary/aromatic N) is 2. The molecule has 1 aromatic carbocycles. The molecule has 0 saturated carbocycles. The zero-order valence-electron chi connectivity index (χ0n) is 10.3. The number of benzene rings is 1. The monoisotopic (exact) mass is 239 g/mol. The van der Waals surface area contributed by atoms with Crippen LogP contribution in [0.3, 0.4) is 0 Å². The number of hydrogen-bond acceptors (Lipinski definition) is 3. The fourth-order valence-corrected chi connectivity index (χ4v) is 1.78. The highest BCUT2D eigenvalue weighted by Gasteiger charge is 2.16. The van der Waals surface area contributed by atoms with E-state index >= 15 is 0 Å². The van der Waals surface area contributed by atoms with E-state index in [1.165, 1.54) is 6.07 Å². The minimum absolute atomic E-state index is 0.137. The van der Waals surface area contributed by atoms with Crippen molar-refractivity contribution in [1.29, 1.82) is 0 Å². The Balaban J connectivity index is 3.19. The lowest BCUT2D eigenvalue weighted by Gasteiger charge is -2.24. The molecule has 0 aliphatic carbocycles. The summed E-state index contributed by atoms with van der Waals surface area (Å²) in [6.07, 6.45) is 0. The SMILES string of the molecule is CC(C)CN(C)c1cccc(F)c1C(N)=NO. The van der Waals surface area contributed by atoms with Crippen LogP contribution in [0.5, 0.6) is 0 Å². The lowest BCUT2D eigenvalue weighted by molar-refractivity contribution is 0.318. The van der Waals surface area contributed by atoms with Crippen molar-refractivity contribution in [3.63, 3.8) is 0 Å². The number of anilines is 1. The topological polar surface area (TPSA) is 61.8 Å². The molecule has 0 heterocycles. The highest BCUT2D eigenvalue weighted by molar-refractivity contribution is 6.02. The summed E-state index contributed by atoms with van der Waals surface area (Å²) in [7, 11) is 1.85. The van der Waals surface area contributed by atoms with E-state index in [1.807, 2.05) is 11.9 Å². The first-order valence-electron chi connectivity index (χ1n) is 5.45. The van der Waals surface area contributed by atoms with Gasteiger partial charge in [0.15, 0.2) is 5.84 Å². The van der Waals surface area contributed by atoms with Crippen LogP contribution < -0.4 is 10.6 Å². The third-order valence-electron chi connectivity index (χ3n) is 2.41. The van der Waals surface area contributed by atoms with E-state index in [2.05, 4.69) is 19.0 Å². The number of rotatable bonds is 4. The van der Waals surface area contributed by atoms with Crippen LogP contribution >= 0.6 is 0 Å². The van der Waals surface area contributed by atoms with Gasteiger partial charge in [-0.2, -0.15) is 0 Å². The summed E-state index contributed by atoms with van der Waals surface area (Å²) < 4.78 is 13.7. The molecule has 1 rings (SSSR count). The van der Waals surface area contributed by atoms with E-state index in [0.29, 0.717) is 11.6 Å². The summed E-state index contributed by atoms with van der Waals surface area (Å²) in [5, 5.41) is 11.5. The van der Waals surface area contributed by atoms with Crippen molar-refractivity contribution in [2.75, 3.05) is 18.5 Å². The van der Waals surface area contributed by atoms with Gasteiger partial charge in [-0.25, -0.2) is 4.39 Å². The normalized spacial score (nSPS) is 11.9. The Bertz CT molecular complexity index is 418. The first-order valence-corrected chi connectivity index (χ1v) is 5.45. The average Bonchev–Trinajstić information content (AvgIpc) is 2.26. The van der Waals surface area contributed by atoms with Gasteiger partial charge in [0, 0.05) is 13.6 Å². The van der Waals surface area contributed by atoms with Gasteiger partial charge in [-0.1, -0.05) is 25.1 Å². The largest absolute Gasteiger partial charge is 0.409 e. The number of nitrogens with two attached hydrogens (primary N) is 1. The van der Waals surface area contributed by atoms with E-state index in [4.69, 9.17) is 10.9 Å². The molecule has 5 heteroatoms. The molecule has 0 aliphatic heterocycles. The molecule has 0 bridgehead atoms. The van der Waals surface area contributed by atoms with Crippen molar-refractivity contribution < 1.29 is 9.60 Å². The number of hydrogen-bond donors (Lipinski definition) is 2. The highest BCUT2D eigenvalue weighted by atomic mass is 19.1. The van der Waals surface area contributed by atoms with Crippen LogP contribution in [0.1, 0.15) is 19.4 Å². The molecule has 0 spiro atoms. The van der Waals surface area contributed by atoms with Gasteiger partial charge in [0.05, 0.1) is 11.3 Å². The van der Waals surface area contributed by atoms with E-state index in [0.717, 1.165) is 6.54 Å².